The zero-order valence-corrected chi connectivity index (χ0v) is 10.5. The SMILES string of the molecule is COC1=C(C)c2cc(C=O)ccc2OC1(C)C. The third-order valence-corrected chi connectivity index (χ3v) is 3.00. The number of fused-ring (bicyclic) bond motifs is 1. The smallest absolute Gasteiger partial charge is 0.160 e. The van der Waals surface area contributed by atoms with Crippen LogP contribution >= 0.6 is 0 Å². The maximum Gasteiger partial charge on any atom is 0.160 e. The summed E-state index contributed by atoms with van der Waals surface area (Å²) in [5, 5.41) is 0. The number of allylic oxidation sites excluding steroid dienone is 1. The molecule has 0 unspecified atom stereocenters. The summed E-state index contributed by atoms with van der Waals surface area (Å²) in [5.41, 5.74) is 2.10. The lowest BCUT2D eigenvalue weighted by molar-refractivity contribution is 0.0738. The van der Waals surface area contributed by atoms with E-state index in [-0.39, 0.29) is 0 Å². The number of carbonyl (C=O) groups excluding carboxylic acids is 1. The van der Waals surface area contributed by atoms with Crippen molar-refractivity contribution in [1.82, 2.24) is 0 Å². The van der Waals surface area contributed by atoms with E-state index in [1.165, 1.54) is 0 Å². The van der Waals surface area contributed by atoms with Gasteiger partial charge in [-0.1, -0.05) is 0 Å². The van der Waals surface area contributed by atoms with E-state index in [2.05, 4.69) is 0 Å². The van der Waals surface area contributed by atoms with Crippen LogP contribution < -0.4 is 4.74 Å². The van der Waals surface area contributed by atoms with Gasteiger partial charge in [0.05, 0.1) is 7.11 Å². The van der Waals surface area contributed by atoms with Crippen LogP contribution in [0.4, 0.5) is 0 Å². The van der Waals surface area contributed by atoms with Crippen LogP contribution in [-0.2, 0) is 4.74 Å². The Hall–Kier alpha value is -1.77. The fraction of sp³-hybridized carbons (Fsp3) is 0.357. The lowest BCUT2D eigenvalue weighted by Gasteiger charge is -2.35. The van der Waals surface area contributed by atoms with Gasteiger partial charge in [-0.3, -0.25) is 4.79 Å². The Morgan fingerprint density at radius 1 is 1.35 bits per heavy atom. The molecular weight excluding hydrogens is 216 g/mol. The van der Waals surface area contributed by atoms with Gasteiger partial charge in [0.25, 0.3) is 0 Å². The van der Waals surface area contributed by atoms with Gasteiger partial charge >= 0.3 is 0 Å². The molecule has 0 radical (unpaired) electrons. The molecule has 1 aromatic rings. The monoisotopic (exact) mass is 232 g/mol. The van der Waals surface area contributed by atoms with Crippen LogP contribution in [0, 0.1) is 0 Å². The highest BCUT2D eigenvalue weighted by Crippen LogP contribution is 2.40. The largest absolute Gasteiger partial charge is 0.497 e. The molecule has 0 N–H and O–H groups in total. The molecule has 0 bridgehead atoms. The fourth-order valence-electron chi connectivity index (χ4n) is 2.30. The predicted octanol–water partition coefficient (Wildman–Crippen LogP) is 3.05. The molecule has 0 aliphatic carbocycles. The molecule has 1 aliphatic heterocycles. The molecule has 0 atom stereocenters. The molecule has 3 nitrogen and oxygen atoms in total. The van der Waals surface area contributed by atoms with Gasteiger partial charge in [-0.25, -0.2) is 0 Å². The quantitative estimate of drug-likeness (QED) is 0.735. The van der Waals surface area contributed by atoms with Crippen molar-refractivity contribution in [3.8, 4) is 5.75 Å². The minimum absolute atomic E-state index is 0.478. The molecule has 1 aliphatic rings. The molecule has 17 heavy (non-hydrogen) atoms. The Morgan fingerprint density at radius 2 is 2.06 bits per heavy atom. The van der Waals surface area contributed by atoms with Crippen LogP contribution in [0.1, 0.15) is 36.7 Å². The first-order valence-corrected chi connectivity index (χ1v) is 5.53. The van der Waals surface area contributed by atoms with Gasteiger partial charge < -0.3 is 9.47 Å². The Balaban J connectivity index is 2.64. The Morgan fingerprint density at radius 3 is 2.65 bits per heavy atom. The molecule has 90 valence electrons. The number of carbonyl (C=O) groups is 1. The summed E-state index contributed by atoms with van der Waals surface area (Å²) in [4.78, 5) is 10.8. The van der Waals surface area contributed by atoms with Crippen LogP contribution in [0.25, 0.3) is 5.57 Å². The molecule has 3 heteroatoms. The average molecular weight is 232 g/mol. The highest BCUT2D eigenvalue weighted by Gasteiger charge is 2.34. The lowest BCUT2D eigenvalue weighted by atomic mass is 9.92. The third kappa shape index (κ3) is 1.82. The number of hydrogen-bond donors (Lipinski definition) is 0. The summed E-state index contributed by atoms with van der Waals surface area (Å²) in [7, 11) is 1.64. The summed E-state index contributed by atoms with van der Waals surface area (Å²) in [6.45, 7) is 5.91. The second-order valence-corrected chi connectivity index (χ2v) is 4.64. The highest BCUT2D eigenvalue weighted by molar-refractivity contribution is 5.81. The number of ether oxygens (including phenoxy) is 2. The Kier molecular flexibility index (Phi) is 2.69. The number of benzene rings is 1. The van der Waals surface area contributed by atoms with Crippen molar-refractivity contribution in [2.45, 2.75) is 26.4 Å². The van der Waals surface area contributed by atoms with Crippen molar-refractivity contribution in [2.75, 3.05) is 7.11 Å². The average Bonchev–Trinajstić information content (AvgIpc) is 2.28. The lowest BCUT2D eigenvalue weighted by Crippen LogP contribution is -2.35. The summed E-state index contributed by atoms with van der Waals surface area (Å²) in [6, 6.07) is 5.41. The maximum absolute atomic E-state index is 10.8. The fourth-order valence-corrected chi connectivity index (χ4v) is 2.30. The molecular formula is C14H16O3. The summed E-state index contributed by atoms with van der Waals surface area (Å²) in [6.07, 6.45) is 0.833. The van der Waals surface area contributed by atoms with E-state index in [0.29, 0.717) is 5.56 Å². The normalized spacial score (nSPS) is 17.2. The maximum atomic E-state index is 10.8. The summed E-state index contributed by atoms with van der Waals surface area (Å²) < 4.78 is 11.3. The van der Waals surface area contributed by atoms with Crippen molar-refractivity contribution in [3.63, 3.8) is 0 Å². The van der Waals surface area contributed by atoms with Gasteiger partial charge in [0.1, 0.15) is 17.8 Å². The van der Waals surface area contributed by atoms with Gasteiger partial charge in [0.15, 0.2) is 5.60 Å². The first-order chi connectivity index (χ1) is 7.99. The Bertz CT molecular complexity index is 498. The van der Waals surface area contributed by atoms with E-state index in [4.69, 9.17) is 9.47 Å². The predicted molar refractivity (Wildman–Crippen MR) is 66.1 cm³/mol. The third-order valence-electron chi connectivity index (χ3n) is 3.00. The van der Waals surface area contributed by atoms with Crippen LogP contribution in [0.15, 0.2) is 24.0 Å². The molecule has 0 saturated heterocycles. The van der Waals surface area contributed by atoms with Gasteiger partial charge in [-0.15, -0.1) is 0 Å². The summed E-state index contributed by atoms with van der Waals surface area (Å²) in [5.74, 6) is 1.59. The first-order valence-electron chi connectivity index (χ1n) is 5.53. The van der Waals surface area contributed by atoms with E-state index in [1.807, 2.05) is 32.9 Å². The number of methoxy groups -OCH3 is 1. The molecule has 0 spiro atoms. The zero-order valence-electron chi connectivity index (χ0n) is 10.5. The first kappa shape index (κ1) is 11.7. The van der Waals surface area contributed by atoms with E-state index in [9.17, 15) is 4.79 Å². The number of hydrogen-bond acceptors (Lipinski definition) is 3. The van der Waals surface area contributed by atoms with Crippen molar-refractivity contribution in [3.05, 3.63) is 35.1 Å². The van der Waals surface area contributed by atoms with Crippen molar-refractivity contribution in [2.24, 2.45) is 0 Å². The van der Waals surface area contributed by atoms with Crippen LogP contribution in [-0.4, -0.2) is 19.0 Å². The zero-order chi connectivity index (χ0) is 12.6. The number of aldehydes is 1. The standard InChI is InChI=1S/C14H16O3/c1-9-11-7-10(8-15)5-6-12(11)17-14(2,3)13(9)16-4/h5-8H,1-4H3. The van der Waals surface area contributed by atoms with Crippen molar-refractivity contribution in [1.29, 1.82) is 0 Å². The number of rotatable bonds is 2. The second kappa shape index (κ2) is 3.91. The molecule has 0 amide bonds. The van der Waals surface area contributed by atoms with E-state index >= 15 is 0 Å². The molecule has 1 heterocycles. The molecule has 2 rings (SSSR count). The minimum Gasteiger partial charge on any atom is -0.497 e. The van der Waals surface area contributed by atoms with E-state index in [1.54, 1.807) is 13.2 Å². The van der Waals surface area contributed by atoms with Crippen LogP contribution in [0.2, 0.25) is 0 Å². The van der Waals surface area contributed by atoms with Crippen LogP contribution in [0.3, 0.4) is 0 Å². The van der Waals surface area contributed by atoms with E-state index < -0.39 is 5.60 Å². The molecule has 0 aromatic heterocycles. The van der Waals surface area contributed by atoms with Crippen molar-refractivity contribution >= 4 is 11.9 Å². The molecule has 0 saturated carbocycles. The van der Waals surface area contributed by atoms with Gasteiger partial charge in [-0.05, 0) is 39.0 Å². The minimum atomic E-state index is -0.478. The molecule has 0 fully saturated rings. The topological polar surface area (TPSA) is 35.5 Å². The van der Waals surface area contributed by atoms with Gasteiger partial charge in [-0.2, -0.15) is 0 Å². The second-order valence-electron chi connectivity index (χ2n) is 4.64. The molecule has 1 aromatic carbocycles. The van der Waals surface area contributed by atoms with Crippen LogP contribution in [0.5, 0.6) is 5.75 Å². The Labute approximate surface area is 101 Å². The van der Waals surface area contributed by atoms with E-state index in [0.717, 1.165) is 28.9 Å². The summed E-state index contributed by atoms with van der Waals surface area (Å²) >= 11 is 0. The van der Waals surface area contributed by atoms with Crippen molar-refractivity contribution < 1.29 is 14.3 Å². The highest BCUT2D eigenvalue weighted by atomic mass is 16.5. The van der Waals surface area contributed by atoms with Gasteiger partial charge in [0, 0.05) is 16.7 Å². The van der Waals surface area contributed by atoms with Gasteiger partial charge in [0.2, 0.25) is 0 Å².